The number of hydrogen-bond donors (Lipinski definition) is 1. The van der Waals surface area contributed by atoms with Gasteiger partial charge in [-0.05, 0) is 19.4 Å². The van der Waals surface area contributed by atoms with Crippen LogP contribution < -0.4 is 5.32 Å². The molecule has 0 bridgehead atoms. The van der Waals surface area contributed by atoms with Gasteiger partial charge in [0.15, 0.2) is 0 Å². The van der Waals surface area contributed by atoms with Gasteiger partial charge in [-0.25, -0.2) is 4.98 Å². The van der Waals surface area contributed by atoms with E-state index < -0.39 is 4.92 Å². The van der Waals surface area contributed by atoms with E-state index in [1.165, 1.54) is 6.20 Å². The SMILES string of the molecule is CCCCC(=O)Nc1nccc(C)c1[N+](=O)[O-]. The molecule has 1 aromatic rings. The van der Waals surface area contributed by atoms with Crippen molar-refractivity contribution in [2.75, 3.05) is 5.32 Å². The predicted molar refractivity (Wildman–Crippen MR) is 63.8 cm³/mol. The number of nitro groups is 1. The van der Waals surface area contributed by atoms with Gasteiger partial charge in [0.05, 0.1) is 4.92 Å². The first-order valence-corrected chi connectivity index (χ1v) is 5.46. The Kier molecular flexibility index (Phi) is 4.56. The Morgan fingerprint density at radius 3 is 2.88 bits per heavy atom. The summed E-state index contributed by atoms with van der Waals surface area (Å²) in [5, 5.41) is 13.3. The predicted octanol–water partition coefficient (Wildman–Crippen LogP) is 2.43. The molecule has 0 unspecified atom stereocenters. The smallest absolute Gasteiger partial charge is 0.305 e. The molecule has 1 aromatic heterocycles. The fourth-order valence-corrected chi connectivity index (χ4v) is 1.40. The lowest BCUT2D eigenvalue weighted by Crippen LogP contribution is -2.14. The number of anilines is 1. The summed E-state index contributed by atoms with van der Waals surface area (Å²) >= 11 is 0. The number of amides is 1. The summed E-state index contributed by atoms with van der Waals surface area (Å²) in [6.45, 7) is 3.59. The summed E-state index contributed by atoms with van der Waals surface area (Å²) in [5.41, 5.74) is 0.341. The van der Waals surface area contributed by atoms with Gasteiger partial charge in [0.2, 0.25) is 11.7 Å². The van der Waals surface area contributed by atoms with Crippen molar-refractivity contribution in [2.45, 2.75) is 33.1 Å². The van der Waals surface area contributed by atoms with Crippen LogP contribution in [0, 0.1) is 17.0 Å². The van der Waals surface area contributed by atoms with E-state index in [4.69, 9.17) is 0 Å². The van der Waals surface area contributed by atoms with Crippen LogP contribution in [-0.2, 0) is 4.79 Å². The van der Waals surface area contributed by atoms with E-state index >= 15 is 0 Å². The molecule has 0 aliphatic carbocycles. The van der Waals surface area contributed by atoms with Crippen LogP contribution in [0.1, 0.15) is 31.7 Å². The molecule has 0 radical (unpaired) electrons. The minimum atomic E-state index is -0.530. The Morgan fingerprint density at radius 2 is 2.29 bits per heavy atom. The van der Waals surface area contributed by atoms with E-state index in [0.717, 1.165) is 12.8 Å². The summed E-state index contributed by atoms with van der Waals surface area (Å²) in [5.74, 6) is -0.218. The average molecular weight is 237 g/mol. The lowest BCUT2D eigenvalue weighted by atomic mass is 10.2. The van der Waals surface area contributed by atoms with Crippen LogP contribution in [0.25, 0.3) is 0 Å². The van der Waals surface area contributed by atoms with Gasteiger partial charge in [-0.1, -0.05) is 13.3 Å². The molecule has 1 amide bonds. The molecule has 92 valence electrons. The molecule has 1 rings (SSSR count). The number of aryl methyl sites for hydroxylation is 1. The summed E-state index contributed by atoms with van der Waals surface area (Å²) in [6.07, 6.45) is 3.45. The van der Waals surface area contributed by atoms with E-state index in [9.17, 15) is 14.9 Å². The first-order valence-electron chi connectivity index (χ1n) is 5.46. The zero-order valence-electron chi connectivity index (χ0n) is 9.90. The minimum Gasteiger partial charge on any atom is -0.305 e. The molecule has 0 aromatic carbocycles. The van der Waals surface area contributed by atoms with E-state index in [2.05, 4.69) is 10.3 Å². The summed E-state index contributed by atoms with van der Waals surface area (Å²) < 4.78 is 0. The molecule has 17 heavy (non-hydrogen) atoms. The van der Waals surface area contributed by atoms with E-state index in [1.807, 2.05) is 6.92 Å². The molecule has 0 spiro atoms. The number of hydrogen-bond acceptors (Lipinski definition) is 4. The van der Waals surface area contributed by atoms with Gasteiger partial charge in [0.25, 0.3) is 0 Å². The summed E-state index contributed by atoms with van der Waals surface area (Å²) in [6, 6.07) is 1.54. The number of nitrogens with one attached hydrogen (secondary N) is 1. The summed E-state index contributed by atoms with van der Waals surface area (Å²) in [4.78, 5) is 25.6. The maximum absolute atomic E-state index is 11.5. The largest absolute Gasteiger partial charge is 0.314 e. The van der Waals surface area contributed by atoms with Crippen molar-refractivity contribution in [1.29, 1.82) is 0 Å². The second-order valence-corrected chi connectivity index (χ2v) is 3.73. The number of pyridine rings is 1. The third kappa shape index (κ3) is 3.51. The van der Waals surface area contributed by atoms with Gasteiger partial charge < -0.3 is 5.32 Å². The zero-order chi connectivity index (χ0) is 12.8. The van der Waals surface area contributed by atoms with Crippen LogP contribution in [0.4, 0.5) is 11.5 Å². The Bertz CT molecular complexity index is 432. The number of rotatable bonds is 5. The van der Waals surface area contributed by atoms with Crippen molar-refractivity contribution in [3.63, 3.8) is 0 Å². The maximum atomic E-state index is 11.5. The second-order valence-electron chi connectivity index (χ2n) is 3.73. The minimum absolute atomic E-state index is 0.0242. The Hall–Kier alpha value is -1.98. The number of carbonyl (C=O) groups excluding carboxylic acids is 1. The van der Waals surface area contributed by atoms with Crippen molar-refractivity contribution in [3.05, 3.63) is 27.9 Å². The van der Waals surface area contributed by atoms with E-state index in [-0.39, 0.29) is 17.4 Å². The second kappa shape index (κ2) is 5.93. The maximum Gasteiger partial charge on any atom is 0.314 e. The zero-order valence-corrected chi connectivity index (χ0v) is 9.90. The first-order chi connectivity index (χ1) is 8.06. The Labute approximate surface area is 99.2 Å². The number of unbranched alkanes of at least 4 members (excludes halogenated alkanes) is 1. The molecule has 0 aliphatic rings. The fraction of sp³-hybridized carbons (Fsp3) is 0.455. The summed E-state index contributed by atoms with van der Waals surface area (Å²) in [7, 11) is 0. The van der Waals surface area contributed by atoms with Crippen LogP contribution in [0.15, 0.2) is 12.3 Å². The van der Waals surface area contributed by atoms with Gasteiger partial charge in [0, 0.05) is 18.2 Å². The van der Waals surface area contributed by atoms with Crippen LogP contribution in [0.2, 0.25) is 0 Å². The molecule has 0 saturated carbocycles. The fourth-order valence-electron chi connectivity index (χ4n) is 1.40. The quantitative estimate of drug-likeness (QED) is 0.629. The molecule has 1 N–H and O–H groups in total. The van der Waals surface area contributed by atoms with Crippen LogP contribution in [0.3, 0.4) is 0 Å². The van der Waals surface area contributed by atoms with Crippen LogP contribution in [-0.4, -0.2) is 15.8 Å². The molecule has 0 atom stereocenters. The van der Waals surface area contributed by atoms with Gasteiger partial charge in [-0.15, -0.1) is 0 Å². The lowest BCUT2D eigenvalue weighted by molar-refractivity contribution is -0.384. The van der Waals surface area contributed by atoms with Crippen molar-refractivity contribution in [3.8, 4) is 0 Å². The van der Waals surface area contributed by atoms with E-state index in [0.29, 0.717) is 12.0 Å². The normalized spacial score (nSPS) is 10.0. The van der Waals surface area contributed by atoms with Gasteiger partial charge in [-0.3, -0.25) is 14.9 Å². The standard InChI is InChI=1S/C11H15N3O3/c1-3-4-5-9(15)13-11-10(14(16)17)8(2)6-7-12-11/h6-7H,3-5H2,1-2H3,(H,12,13,15). The molecule has 1 heterocycles. The number of nitrogens with zero attached hydrogens (tertiary/aromatic N) is 2. The van der Waals surface area contributed by atoms with E-state index in [1.54, 1.807) is 13.0 Å². The molecule has 6 nitrogen and oxygen atoms in total. The van der Waals surface area contributed by atoms with Crippen LogP contribution >= 0.6 is 0 Å². The first kappa shape index (κ1) is 13.1. The lowest BCUT2D eigenvalue weighted by Gasteiger charge is -2.05. The third-order valence-electron chi connectivity index (χ3n) is 2.32. The van der Waals surface area contributed by atoms with Gasteiger partial charge in [-0.2, -0.15) is 0 Å². The highest BCUT2D eigenvalue weighted by Gasteiger charge is 2.19. The highest BCUT2D eigenvalue weighted by molar-refractivity contribution is 5.92. The molecule has 0 fully saturated rings. The topological polar surface area (TPSA) is 85.1 Å². The van der Waals surface area contributed by atoms with Crippen molar-refractivity contribution < 1.29 is 9.72 Å². The highest BCUT2D eigenvalue weighted by atomic mass is 16.6. The van der Waals surface area contributed by atoms with Gasteiger partial charge in [0.1, 0.15) is 0 Å². The average Bonchev–Trinajstić information content (AvgIpc) is 2.25. The number of aromatic nitrogens is 1. The molecule has 0 saturated heterocycles. The monoisotopic (exact) mass is 237 g/mol. The van der Waals surface area contributed by atoms with Crippen molar-refractivity contribution >= 4 is 17.4 Å². The highest BCUT2D eigenvalue weighted by Crippen LogP contribution is 2.25. The van der Waals surface area contributed by atoms with Crippen LogP contribution in [0.5, 0.6) is 0 Å². The Balaban J connectivity index is 2.87. The van der Waals surface area contributed by atoms with Crippen molar-refractivity contribution in [1.82, 2.24) is 4.98 Å². The molecular weight excluding hydrogens is 222 g/mol. The number of carbonyl (C=O) groups is 1. The third-order valence-corrected chi connectivity index (χ3v) is 2.32. The molecular formula is C11H15N3O3. The molecule has 6 heteroatoms. The molecule has 0 aliphatic heterocycles. The Morgan fingerprint density at radius 1 is 1.59 bits per heavy atom. The van der Waals surface area contributed by atoms with Gasteiger partial charge >= 0.3 is 5.69 Å². The van der Waals surface area contributed by atoms with Crippen molar-refractivity contribution in [2.24, 2.45) is 0 Å².